The van der Waals surface area contributed by atoms with E-state index < -0.39 is 10.0 Å². The zero-order valence-corrected chi connectivity index (χ0v) is 14.9. The maximum absolute atomic E-state index is 12.6. The number of rotatable bonds is 8. The standard InChI is InChI=1S/C13H23ClN2O2S2/c1-5-16(8-6-7-15(3)4)20(17,18)13-9-11(2)12(10-14)19-13/h9H,5-8,10H2,1-4H3. The Bertz CT molecular complexity index is 526. The van der Waals surface area contributed by atoms with Crippen molar-refractivity contribution in [1.82, 2.24) is 9.21 Å². The number of aryl methyl sites for hydroxylation is 1. The first-order chi connectivity index (χ1) is 9.32. The quantitative estimate of drug-likeness (QED) is 0.684. The van der Waals surface area contributed by atoms with Gasteiger partial charge in [-0.15, -0.1) is 22.9 Å². The van der Waals surface area contributed by atoms with Gasteiger partial charge in [0.05, 0.1) is 5.88 Å². The molecule has 1 heterocycles. The lowest BCUT2D eigenvalue weighted by Gasteiger charge is -2.20. The van der Waals surface area contributed by atoms with Crippen molar-refractivity contribution in [2.24, 2.45) is 0 Å². The fourth-order valence-corrected chi connectivity index (χ4v) is 5.34. The Morgan fingerprint density at radius 3 is 2.40 bits per heavy atom. The zero-order chi connectivity index (χ0) is 15.3. The highest BCUT2D eigenvalue weighted by Gasteiger charge is 2.25. The first kappa shape index (κ1) is 17.9. The summed E-state index contributed by atoms with van der Waals surface area (Å²) in [4.78, 5) is 2.98. The number of thiophene rings is 1. The molecule has 0 spiro atoms. The van der Waals surface area contributed by atoms with E-state index in [2.05, 4.69) is 4.90 Å². The van der Waals surface area contributed by atoms with Gasteiger partial charge in [0, 0.05) is 18.0 Å². The van der Waals surface area contributed by atoms with Crippen LogP contribution in [0.4, 0.5) is 0 Å². The van der Waals surface area contributed by atoms with Crippen molar-refractivity contribution in [1.29, 1.82) is 0 Å². The molecule has 7 heteroatoms. The summed E-state index contributed by atoms with van der Waals surface area (Å²) in [5, 5.41) is 0. The topological polar surface area (TPSA) is 40.6 Å². The number of hydrogen-bond donors (Lipinski definition) is 0. The van der Waals surface area contributed by atoms with Gasteiger partial charge in [0.25, 0.3) is 10.0 Å². The molecule has 0 aliphatic rings. The summed E-state index contributed by atoms with van der Waals surface area (Å²) >= 11 is 7.10. The Morgan fingerprint density at radius 1 is 1.30 bits per heavy atom. The molecule has 20 heavy (non-hydrogen) atoms. The van der Waals surface area contributed by atoms with Crippen LogP contribution in [0.1, 0.15) is 23.8 Å². The van der Waals surface area contributed by atoms with E-state index in [-0.39, 0.29) is 0 Å². The molecule has 0 aromatic carbocycles. The van der Waals surface area contributed by atoms with Crippen molar-refractivity contribution in [2.75, 3.05) is 33.7 Å². The van der Waals surface area contributed by atoms with Gasteiger partial charge in [0.2, 0.25) is 0 Å². The molecule has 1 rings (SSSR count). The molecule has 0 aliphatic carbocycles. The van der Waals surface area contributed by atoms with E-state index >= 15 is 0 Å². The average molecular weight is 339 g/mol. The molecule has 4 nitrogen and oxygen atoms in total. The molecular weight excluding hydrogens is 316 g/mol. The van der Waals surface area contributed by atoms with Crippen LogP contribution in [0.25, 0.3) is 0 Å². The second-order valence-electron chi connectivity index (χ2n) is 4.96. The molecule has 0 bridgehead atoms. The molecule has 1 aromatic rings. The van der Waals surface area contributed by atoms with Crippen LogP contribution in [-0.2, 0) is 15.9 Å². The highest BCUT2D eigenvalue weighted by atomic mass is 35.5. The van der Waals surface area contributed by atoms with Gasteiger partial charge in [-0.25, -0.2) is 8.42 Å². The van der Waals surface area contributed by atoms with Crippen LogP contribution in [0.3, 0.4) is 0 Å². The number of halogens is 1. The van der Waals surface area contributed by atoms with E-state index in [0.717, 1.165) is 23.4 Å². The van der Waals surface area contributed by atoms with Crippen LogP contribution in [0.2, 0.25) is 0 Å². The highest BCUT2D eigenvalue weighted by molar-refractivity contribution is 7.91. The van der Waals surface area contributed by atoms with Crippen molar-refractivity contribution in [3.63, 3.8) is 0 Å². The fraction of sp³-hybridized carbons (Fsp3) is 0.692. The molecule has 1 aromatic heterocycles. The third-order valence-electron chi connectivity index (χ3n) is 3.08. The second kappa shape index (κ2) is 7.75. The lowest BCUT2D eigenvalue weighted by molar-refractivity contribution is 0.356. The van der Waals surface area contributed by atoms with Crippen molar-refractivity contribution in [3.05, 3.63) is 16.5 Å². The molecule has 0 fully saturated rings. The summed E-state index contributed by atoms with van der Waals surface area (Å²) in [5.74, 6) is 0.360. The predicted octanol–water partition coefficient (Wildman–Crippen LogP) is 2.76. The Morgan fingerprint density at radius 2 is 1.95 bits per heavy atom. The summed E-state index contributed by atoms with van der Waals surface area (Å²) in [7, 11) is 0.586. The lowest BCUT2D eigenvalue weighted by Crippen LogP contribution is -2.32. The number of nitrogens with zero attached hydrogens (tertiary/aromatic N) is 2. The Hall–Kier alpha value is -0.140. The van der Waals surface area contributed by atoms with E-state index in [1.807, 2.05) is 27.9 Å². The third kappa shape index (κ3) is 4.43. The Balaban J connectivity index is 2.88. The molecule has 0 aliphatic heterocycles. The van der Waals surface area contributed by atoms with Crippen LogP contribution >= 0.6 is 22.9 Å². The number of hydrogen-bond acceptors (Lipinski definition) is 4. The first-order valence-electron chi connectivity index (χ1n) is 6.63. The van der Waals surface area contributed by atoms with E-state index in [0.29, 0.717) is 23.2 Å². The van der Waals surface area contributed by atoms with Gasteiger partial charge >= 0.3 is 0 Å². The molecule has 0 radical (unpaired) electrons. The largest absolute Gasteiger partial charge is 0.309 e. The predicted molar refractivity (Wildman–Crippen MR) is 86.2 cm³/mol. The minimum absolute atomic E-state index is 0.360. The molecule has 0 saturated carbocycles. The summed E-state index contributed by atoms with van der Waals surface area (Å²) in [6.07, 6.45) is 0.826. The molecular formula is C13H23ClN2O2S2. The SMILES string of the molecule is CCN(CCCN(C)C)S(=O)(=O)c1cc(C)c(CCl)s1. The fourth-order valence-electron chi connectivity index (χ4n) is 1.89. The van der Waals surface area contributed by atoms with Gasteiger partial charge < -0.3 is 4.90 Å². The van der Waals surface area contributed by atoms with Crippen molar-refractivity contribution >= 4 is 33.0 Å². The summed E-state index contributed by atoms with van der Waals surface area (Å²) in [6.45, 7) is 5.68. The van der Waals surface area contributed by atoms with Crippen molar-refractivity contribution in [3.8, 4) is 0 Å². The molecule has 116 valence electrons. The van der Waals surface area contributed by atoms with Crippen LogP contribution in [-0.4, -0.2) is 51.4 Å². The molecule has 0 saturated heterocycles. The van der Waals surface area contributed by atoms with Crippen LogP contribution in [0.5, 0.6) is 0 Å². The van der Waals surface area contributed by atoms with Gasteiger partial charge in [0.1, 0.15) is 4.21 Å². The van der Waals surface area contributed by atoms with Gasteiger partial charge in [-0.3, -0.25) is 0 Å². The number of alkyl halides is 1. The van der Waals surface area contributed by atoms with Crippen molar-refractivity contribution in [2.45, 2.75) is 30.4 Å². The van der Waals surface area contributed by atoms with Crippen LogP contribution < -0.4 is 0 Å². The number of sulfonamides is 1. The molecule has 0 amide bonds. The summed E-state index contributed by atoms with van der Waals surface area (Å²) in [5.41, 5.74) is 0.952. The minimum atomic E-state index is -3.39. The normalized spacial score (nSPS) is 12.6. The maximum atomic E-state index is 12.6. The Kier molecular flexibility index (Phi) is 6.94. The van der Waals surface area contributed by atoms with Gasteiger partial charge in [-0.05, 0) is 45.6 Å². The molecule has 0 atom stereocenters. The lowest BCUT2D eigenvalue weighted by atomic mass is 10.3. The second-order valence-corrected chi connectivity index (χ2v) is 8.53. The van der Waals surface area contributed by atoms with E-state index in [1.54, 1.807) is 10.4 Å². The van der Waals surface area contributed by atoms with Crippen molar-refractivity contribution < 1.29 is 8.42 Å². The average Bonchev–Trinajstić information content (AvgIpc) is 2.76. The van der Waals surface area contributed by atoms with E-state index in [9.17, 15) is 8.42 Å². The summed E-state index contributed by atoms with van der Waals surface area (Å²) < 4.78 is 27.1. The van der Waals surface area contributed by atoms with E-state index in [4.69, 9.17) is 11.6 Å². The molecule has 0 N–H and O–H groups in total. The Labute approximate surface area is 131 Å². The molecule has 0 unspecified atom stereocenters. The third-order valence-corrected chi connectivity index (χ3v) is 7.17. The smallest absolute Gasteiger partial charge is 0.252 e. The minimum Gasteiger partial charge on any atom is -0.309 e. The van der Waals surface area contributed by atoms with E-state index in [1.165, 1.54) is 11.3 Å². The zero-order valence-electron chi connectivity index (χ0n) is 12.5. The highest BCUT2D eigenvalue weighted by Crippen LogP contribution is 2.29. The summed E-state index contributed by atoms with van der Waals surface area (Å²) in [6, 6.07) is 1.73. The monoisotopic (exact) mass is 338 g/mol. The maximum Gasteiger partial charge on any atom is 0.252 e. The van der Waals surface area contributed by atoms with Gasteiger partial charge in [0.15, 0.2) is 0 Å². The van der Waals surface area contributed by atoms with Gasteiger partial charge in [-0.2, -0.15) is 4.31 Å². The van der Waals surface area contributed by atoms with Gasteiger partial charge in [-0.1, -0.05) is 6.92 Å². The van der Waals surface area contributed by atoms with Crippen LogP contribution in [0.15, 0.2) is 10.3 Å². The van der Waals surface area contributed by atoms with Crippen LogP contribution in [0, 0.1) is 6.92 Å². The first-order valence-corrected chi connectivity index (χ1v) is 9.42.